The van der Waals surface area contributed by atoms with E-state index in [2.05, 4.69) is 142 Å². The number of hydrogen-bond donors (Lipinski definition) is 2. The molecule has 6 heteroatoms. The van der Waals surface area contributed by atoms with Gasteiger partial charge in [-0.25, -0.2) is 4.98 Å². The van der Waals surface area contributed by atoms with Crippen LogP contribution in [0.25, 0.3) is 28.0 Å². The highest BCUT2D eigenvalue weighted by Crippen LogP contribution is 2.41. The number of nitrogens with one attached hydrogen (secondary N) is 2. The second-order valence-corrected chi connectivity index (χ2v) is 18.4. The summed E-state index contributed by atoms with van der Waals surface area (Å²) in [5.74, 6) is 1.70. The molecule has 3 aromatic rings. The van der Waals surface area contributed by atoms with Crippen molar-refractivity contribution < 1.29 is 9.59 Å². The van der Waals surface area contributed by atoms with Gasteiger partial charge in [0.15, 0.2) is 0 Å². The molecule has 0 spiro atoms. The van der Waals surface area contributed by atoms with Gasteiger partial charge in [0.2, 0.25) is 5.91 Å². The number of nitrogens with zero attached hydrogens (tertiary/aromatic N) is 2. The molecule has 1 aromatic heterocycles. The number of hydrogen-bond acceptors (Lipinski definition) is 4. The van der Waals surface area contributed by atoms with Gasteiger partial charge in [0.1, 0.15) is 11.6 Å². The smallest absolute Gasteiger partial charge is 0.226 e. The molecule has 2 aromatic carbocycles. The van der Waals surface area contributed by atoms with E-state index >= 15 is 0 Å². The van der Waals surface area contributed by atoms with E-state index < -0.39 is 5.41 Å². The number of ketones is 1. The number of carbonyl (C=O) groups is 2. The molecule has 6 nitrogen and oxygen atoms in total. The Balaban J connectivity index is 1.45. The molecule has 0 fully saturated rings. The number of H-pyrrole nitrogens is 1. The summed E-state index contributed by atoms with van der Waals surface area (Å²) in [7, 11) is 0. The van der Waals surface area contributed by atoms with Crippen LogP contribution in [0.4, 0.5) is 0 Å². The van der Waals surface area contributed by atoms with Crippen LogP contribution >= 0.6 is 0 Å². The highest BCUT2D eigenvalue weighted by atomic mass is 16.2. The fourth-order valence-corrected chi connectivity index (χ4v) is 6.14. The number of aromatic amines is 1. The number of benzene rings is 2. The van der Waals surface area contributed by atoms with Crippen molar-refractivity contribution in [3.63, 3.8) is 0 Å². The maximum absolute atomic E-state index is 13.4. The molecule has 50 heavy (non-hydrogen) atoms. The first-order chi connectivity index (χ1) is 23.0. The number of aliphatic imine (C=N–C) groups is 1. The summed E-state index contributed by atoms with van der Waals surface area (Å²) in [5, 5.41) is 3.35. The fourth-order valence-electron chi connectivity index (χ4n) is 6.14. The van der Waals surface area contributed by atoms with Gasteiger partial charge in [0, 0.05) is 41.5 Å². The largest absolute Gasteiger partial charge is 0.347 e. The van der Waals surface area contributed by atoms with Gasteiger partial charge >= 0.3 is 0 Å². The monoisotopic (exact) mass is 678 g/mol. The third-order valence-electron chi connectivity index (χ3n) is 11.6. The summed E-state index contributed by atoms with van der Waals surface area (Å²) < 4.78 is 0. The minimum absolute atomic E-state index is 0.00819. The molecule has 1 aliphatic heterocycles. The van der Waals surface area contributed by atoms with Crippen molar-refractivity contribution in [3.05, 3.63) is 72.3 Å². The van der Waals surface area contributed by atoms with Crippen LogP contribution in [0.3, 0.4) is 0 Å². The average Bonchev–Trinajstić information content (AvgIpc) is 3.72. The lowest BCUT2D eigenvalue weighted by atomic mass is 9.70. The Kier molecular flexibility index (Phi) is 11.3. The number of carbonyl (C=O) groups excluding carboxylic acids is 2. The van der Waals surface area contributed by atoms with Gasteiger partial charge in [-0.1, -0.05) is 145 Å². The highest BCUT2D eigenvalue weighted by molar-refractivity contribution is 6.03. The summed E-state index contributed by atoms with van der Waals surface area (Å²) in [6.45, 7) is 29.6. The summed E-state index contributed by atoms with van der Waals surface area (Å²) in [5.41, 5.74) is 6.45. The van der Waals surface area contributed by atoms with E-state index in [4.69, 9.17) is 9.98 Å². The SMILES string of the molecule is CC(C)C(C)(C)C(=O)C[C@H](c1ncc(-c2ccc(-c3ccc(C4=CN=C([C@@H](NC(=O)C(C)(C)C(C)C)C(C)(C)C)C4)cc3)cc2)[nH]1)C(C)(C)C. The molecule has 0 radical (unpaired) electrons. The molecule has 270 valence electrons. The lowest BCUT2D eigenvalue weighted by Crippen LogP contribution is -2.53. The van der Waals surface area contributed by atoms with Crippen molar-refractivity contribution in [3.8, 4) is 22.4 Å². The molecule has 1 amide bonds. The van der Waals surface area contributed by atoms with Crippen LogP contribution in [0.2, 0.25) is 0 Å². The van der Waals surface area contributed by atoms with Gasteiger partial charge < -0.3 is 10.3 Å². The van der Waals surface area contributed by atoms with Gasteiger partial charge in [-0.3, -0.25) is 14.6 Å². The Labute approximate surface area is 302 Å². The van der Waals surface area contributed by atoms with E-state index in [1.54, 1.807) is 0 Å². The van der Waals surface area contributed by atoms with E-state index in [1.165, 1.54) is 0 Å². The van der Waals surface area contributed by atoms with E-state index in [0.29, 0.717) is 12.8 Å². The molecule has 0 aliphatic carbocycles. The van der Waals surface area contributed by atoms with Gasteiger partial charge in [-0.05, 0) is 50.5 Å². The zero-order chi connectivity index (χ0) is 37.4. The maximum atomic E-state index is 13.4. The quantitative estimate of drug-likeness (QED) is 0.200. The van der Waals surface area contributed by atoms with Crippen LogP contribution < -0.4 is 5.32 Å². The molecule has 4 rings (SSSR count). The second kappa shape index (κ2) is 14.4. The van der Waals surface area contributed by atoms with Crippen LogP contribution in [0.5, 0.6) is 0 Å². The predicted molar refractivity (Wildman–Crippen MR) is 210 cm³/mol. The number of Topliss-reactive ketones (excluding diaryl/α,β-unsaturated/α-hetero) is 1. The number of rotatable bonds is 12. The lowest BCUT2D eigenvalue weighted by Gasteiger charge is -2.36. The first kappa shape index (κ1) is 39.0. The molecule has 2 atom stereocenters. The first-order valence-corrected chi connectivity index (χ1v) is 18.4. The van der Waals surface area contributed by atoms with Gasteiger partial charge in [-0.2, -0.15) is 0 Å². The van der Waals surface area contributed by atoms with Gasteiger partial charge in [0.05, 0.1) is 17.9 Å². The standard InChI is InChI=1S/C44H62N4O2/c1-27(2)43(11,12)37(49)24-34(41(5,6)7)39-46-26-36(47-39)32-21-19-30(20-22-32)29-15-17-31(18-16-29)33-23-35(45-25-33)38(42(8,9)10)48-40(50)44(13,14)28(3)4/h15-22,25-28,34,38H,23-24H2,1-14H3,(H,46,47)(H,48,50)/t34-,38-/m1/s1. The van der Waals surface area contributed by atoms with E-state index in [-0.39, 0.29) is 51.7 Å². The van der Waals surface area contributed by atoms with Gasteiger partial charge in [-0.15, -0.1) is 0 Å². The third kappa shape index (κ3) is 8.55. The number of amides is 1. The molecule has 2 N–H and O–H groups in total. The molecule has 2 heterocycles. The Morgan fingerprint density at radius 2 is 1.22 bits per heavy atom. The topological polar surface area (TPSA) is 87.2 Å². The fraction of sp³-hybridized carbons (Fsp3) is 0.545. The molecule has 1 aliphatic rings. The van der Waals surface area contributed by atoms with Crippen molar-refractivity contribution in [2.45, 2.75) is 122 Å². The number of imidazole rings is 1. The van der Waals surface area contributed by atoms with Crippen LogP contribution in [0.1, 0.15) is 127 Å². The normalized spacial score (nSPS) is 15.6. The predicted octanol–water partition coefficient (Wildman–Crippen LogP) is 10.9. The molecule has 0 bridgehead atoms. The highest BCUT2D eigenvalue weighted by Gasteiger charge is 2.39. The van der Waals surface area contributed by atoms with Crippen LogP contribution in [0, 0.1) is 33.5 Å². The van der Waals surface area contributed by atoms with Crippen molar-refractivity contribution in [1.29, 1.82) is 0 Å². The first-order valence-electron chi connectivity index (χ1n) is 18.4. The Bertz CT molecular complexity index is 1720. The van der Waals surface area contributed by atoms with Crippen molar-refractivity contribution in [2.24, 2.45) is 38.5 Å². The third-order valence-corrected chi connectivity index (χ3v) is 11.6. The summed E-state index contributed by atoms with van der Waals surface area (Å²) in [6.07, 6.45) is 5.03. The van der Waals surface area contributed by atoms with Crippen molar-refractivity contribution >= 4 is 23.0 Å². The second-order valence-electron chi connectivity index (χ2n) is 18.4. The summed E-state index contributed by atoms with van der Waals surface area (Å²) >= 11 is 0. The Morgan fingerprint density at radius 3 is 1.70 bits per heavy atom. The van der Waals surface area contributed by atoms with Crippen LogP contribution in [-0.4, -0.2) is 33.4 Å². The lowest BCUT2D eigenvalue weighted by molar-refractivity contribution is -0.132. The molecule has 0 unspecified atom stereocenters. The van der Waals surface area contributed by atoms with Crippen LogP contribution in [0.15, 0.2) is 65.9 Å². The number of allylic oxidation sites excluding steroid dienone is 1. The van der Waals surface area contributed by atoms with Crippen LogP contribution in [-0.2, 0) is 9.59 Å². The minimum Gasteiger partial charge on any atom is -0.347 e. The van der Waals surface area contributed by atoms with E-state index in [1.807, 2.05) is 26.2 Å². The Morgan fingerprint density at radius 1 is 0.720 bits per heavy atom. The molecular weight excluding hydrogens is 617 g/mol. The molecule has 0 saturated carbocycles. The zero-order valence-electron chi connectivity index (χ0n) is 33.2. The summed E-state index contributed by atoms with van der Waals surface area (Å²) in [6, 6.07) is 17.0. The van der Waals surface area contributed by atoms with Crippen molar-refractivity contribution in [2.75, 3.05) is 0 Å². The van der Waals surface area contributed by atoms with E-state index in [0.717, 1.165) is 45.1 Å². The van der Waals surface area contributed by atoms with E-state index in [9.17, 15) is 9.59 Å². The Hall–Kier alpha value is -3.80. The van der Waals surface area contributed by atoms with Gasteiger partial charge in [0.25, 0.3) is 0 Å². The average molecular weight is 679 g/mol. The minimum atomic E-state index is -0.463. The molecule has 0 saturated heterocycles. The summed E-state index contributed by atoms with van der Waals surface area (Å²) in [4.78, 5) is 39.8. The number of aromatic nitrogens is 2. The van der Waals surface area contributed by atoms with Crippen molar-refractivity contribution in [1.82, 2.24) is 15.3 Å². The molecular formula is C44H62N4O2. The zero-order valence-corrected chi connectivity index (χ0v) is 33.2. The maximum Gasteiger partial charge on any atom is 0.226 e.